The first-order valence-electron chi connectivity index (χ1n) is 5.03. The van der Waals surface area contributed by atoms with Gasteiger partial charge in [0.25, 0.3) is 0 Å². The highest BCUT2D eigenvalue weighted by atomic mass is 16.1. The molecule has 2 nitrogen and oxygen atoms in total. The molecular formula is C12H15NO. The molecule has 1 aromatic carbocycles. The SMILES string of the molecule is Cc1cccc2c1C(C)CNCC2=O. The highest BCUT2D eigenvalue weighted by Crippen LogP contribution is 2.25. The molecule has 2 rings (SSSR count). The number of Topliss-reactive ketones (excluding diaryl/α,β-unsaturated/α-hetero) is 1. The molecule has 2 heteroatoms. The van der Waals surface area contributed by atoms with E-state index in [0.29, 0.717) is 12.5 Å². The number of carbonyl (C=O) groups excluding carboxylic acids is 1. The Balaban J connectivity index is 2.59. The largest absolute Gasteiger partial charge is 0.309 e. The van der Waals surface area contributed by atoms with Crippen molar-refractivity contribution in [1.29, 1.82) is 0 Å². The lowest BCUT2D eigenvalue weighted by Gasteiger charge is -2.14. The van der Waals surface area contributed by atoms with Crippen LogP contribution in [0.25, 0.3) is 0 Å². The molecule has 0 saturated carbocycles. The zero-order valence-electron chi connectivity index (χ0n) is 8.63. The van der Waals surface area contributed by atoms with Crippen LogP contribution in [0.15, 0.2) is 18.2 Å². The van der Waals surface area contributed by atoms with E-state index in [-0.39, 0.29) is 5.78 Å². The molecule has 74 valence electrons. The number of rotatable bonds is 0. The number of hydrogen-bond donors (Lipinski definition) is 1. The number of benzene rings is 1. The van der Waals surface area contributed by atoms with Crippen LogP contribution in [-0.2, 0) is 0 Å². The Bertz CT molecular complexity index is 371. The Morgan fingerprint density at radius 1 is 1.43 bits per heavy atom. The number of aryl methyl sites for hydroxylation is 1. The molecule has 0 aromatic heterocycles. The lowest BCUT2D eigenvalue weighted by atomic mass is 9.91. The molecule has 1 aromatic rings. The minimum Gasteiger partial charge on any atom is -0.309 e. The fourth-order valence-corrected chi connectivity index (χ4v) is 2.18. The number of fused-ring (bicyclic) bond motifs is 1. The maximum absolute atomic E-state index is 11.7. The van der Waals surface area contributed by atoms with Gasteiger partial charge in [0.1, 0.15) is 0 Å². The van der Waals surface area contributed by atoms with Gasteiger partial charge in [0.15, 0.2) is 5.78 Å². The number of nitrogens with one attached hydrogen (secondary N) is 1. The molecule has 1 unspecified atom stereocenters. The van der Waals surface area contributed by atoms with Crippen molar-refractivity contribution in [2.24, 2.45) is 0 Å². The summed E-state index contributed by atoms with van der Waals surface area (Å²) >= 11 is 0. The van der Waals surface area contributed by atoms with Gasteiger partial charge >= 0.3 is 0 Å². The number of carbonyl (C=O) groups is 1. The van der Waals surface area contributed by atoms with Crippen molar-refractivity contribution in [3.63, 3.8) is 0 Å². The first kappa shape index (κ1) is 9.41. The van der Waals surface area contributed by atoms with Crippen LogP contribution in [0.1, 0.15) is 34.3 Å². The smallest absolute Gasteiger partial charge is 0.176 e. The molecule has 1 aliphatic rings. The molecule has 14 heavy (non-hydrogen) atoms. The van der Waals surface area contributed by atoms with Gasteiger partial charge in [-0.15, -0.1) is 0 Å². The Hall–Kier alpha value is -1.15. The van der Waals surface area contributed by atoms with E-state index in [0.717, 1.165) is 12.1 Å². The van der Waals surface area contributed by atoms with Crippen molar-refractivity contribution in [3.05, 3.63) is 34.9 Å². The van der Waals surface area contributed by atoms with Crippen LogP contribution in [-0.4, -0.2) is 18.9 Å². The Kier molecular flexibility index (Phi) is 2.38. The first-order chi connectivity index (χ1) is 6.70. The van der Waals surface area contributed by atoms with Crippen molar-refractivity contribution < 1.29 is 4.79 Å². The van der Waals surface area contributed by atoms with Gasteiger partial charge in [0, 0.05) is 12.1 Å². The van der Waals surface area contributed by atoms with E-state index in [1.807, 2.05) is 12.1 Å². The van der Waals surface area contributed by atoms with Crippen molar-refractivity contribution >= 4 is 5.78 Å². The van der Waals surface area contributed by atoms with E-state index >= 15 is 0 Å². The fraction of sp³-hybridized carbons (Fsp3) is 0.417. The van der Waals surface area contributed by atoms with Crippen LogP contribution in [0.3, 0.4) is 0 Å². The van der Waals surface area contributed by atoms with Gasteiger partial charge in [-0.3, -0.25) is 4.79 Å². The molecule has 0 bridgehead atoms. The van der Waals surface area contributed by atoms with E-state index < -0.39 is 0 Å². The Labute approximate surface area is 84.3 Å². The third kappa shape index (κ3) is 1.46. The zero-order valence-corrected chi connectivity index (χ0v) is 8.63. The van der Waals surface area contributed by atoms with E-state index in [4.69, 9.17) is 0 Å². The summed E-state index contributed by atoms with van der Waals surface area (Å²) < 4.78 is 0. The molecule has 0 spiro atoms. The van der Waals surface area contributed by atoms with E-state index in [1.54, 1.807) is 0 Å². The van der Waals surface area contributed by atoms with Gasteiger partial charge in [-0.05, 0) is 24.0 Å². The molecular weight excluding hydrogens is 174 g/mol. The zero-order chi connectivity index (χ0) is 10.1. The maximum atomic E-state index is 11.7. The summed E-state index contributed by atoms with van der Waals surface area (Å²) in [6.07, 6.45) is 0. The highest BCUT2D eigenvalue weighted by Gasteiger charge is 2.20. The average Bonchev–Trinajstić information content (AvgIpc) is 2.29. The second kappa shape index (κ2) is 3.54. The summed E-state index contributed by atoms with van der Waals surface area (Å²) in [5, 5.41) is 3.17. The number of hydrogen-bond acceptors (Lipinski definition) is 2. The summed E-state index contributed by atoms with van der Waals surface area (Å²) in [5.74, 6) is 0.644. The summed E-state index contributed by atoms with van der Waals surface area (Å²) in [5.41, 5.74) is 3.36. The van der Waals surface area contributed by atoms with Gasteiger partial charge in [-0.1, -0.05) is 25.1 Å². The summed E-state index contributed by atoms with van der Waals surface area (Å²) in [7, 11) is 0. The van der Waals surface area contributed by atoms with E-state index in [9.17, 15) is 4.79 Å². The Morgan fingerprint density at radius 2 is 2.21 bits per heavy atom. The lowest BCUT2D eigenvalue weighted by Crippen LogP contribution is -2.22. The van der Waals surface area contributed by atoms with Crippen LogP contribution in [0.2, 0.25) is 0 Å². The predicted octanol–water partition coefficient (Wildman–Crippen LogP) is 1.88. The molecule has 0 aliphatic carbocycles. The first-order valence-corrected chi connectivity index (χ1v) is 5.03. The summed E-state index contributed by atoms with van der Waals surface area (Å²) in [6, 6.07) is 5.98. The van der Waals surface area contributed by atoms with Gasteiger partial charge in [0.05, 0.1) is 6.54 Å². The van der Waals surface area contributed by atoms with Gasteiger partial charge in [0.2, 0.25) is 0 Å². The fourth-order valence-electron chi connectivity index (χ4n) is 2.18. The van der Waals surface area contributed by atoms with Crippen molar-refractivity contribution in [2.75, 3.05) is 13.1 Å². The topological polar surface area (TPSA) is 29.1 Å². The van der Waals surface area contributed by atoms with Crippen LogP contribution < -0.4 is 5.32 Å². The van der Waals surface area contributed by atoms with Crippen molar-refractivity contribution in [2.45, 2.75) is 19.8 Å². The molecule has 0 radical (unpaired) electrons. The predicted molar refractivity (Wildman–Crippen MR) is 56.8 cm³/mol. The summed E-state index contributed by atoms with van der Waals surface area (Å²) in [6.45, 7) is 5.61. The second-order valence-electron chi connectivity index (χ2n) is 3.99. The lowest BCUT2D eigenvalue weighted by molar-refractivity contribution is 0.0994. The third-order valence-corrected chi connectivity index (χ3v) is 2.85. The van der Waals surface area contributed by atoms with Crippen LogP contribution >= 0.6 is 0 Å². The van der Waals surface area contributed by atoms with Gasteiger partial charge < -0.3 is 5.32 Å². The molecule has 1 aliphatic heterocycles. The van der Waals surface area contributed by atoms with Crippen molar-refractivity contribution in [3.8, 4) is 0 Å². The maximum Gasteiger partial charge on any atom is 0.176 e. The van der Waals surface area contributed by atoms with Gasteiger partial charge in [-0.2, -0.15) is 0 Å². The Morgan fingerprint density at radius 3 is 3.00 bits per heavy atom. The molecule has 1 N–H and O–H groups in total. The van der Waals surface area contributed by atoms with E-state index in [1.165, 1.54) is 11.1 Å². The summed E-state index contributed by atoms with van der Waals surface area (Å²) in [4.78, 5) is 11.7. The van der Waals surface area contributed by atoms with E-state index in [2.05, 4.69) is 25.2 Å². The molecule has 1 heterocycles. The molecule has 1 atom stereocenters. The van der Waals surface area contributed by atoms with Gasteiger partial charge in [-0.25, -0.2) is 0 Å². The van der Waals surface area contributed by atoms with Crippen LogP contribution in [0, 0.1) is 6.92 Å². The van der Waals surface area contributed by atoms with Crippen molar-refractivity contribution in [1.82, 2.24) is 5.32 Å². The molecule has 0 amide bonds. The minimum atomic E-state index is 0.216. The highest BCUT2D eigenvalue weighted by molar-refractivity contribution is 5.99. The monoisotopic (exact) mass is 189 g/mol. The average molecular weight is 189 g/mol. The standard InChI is InChI=1S/C12H15NO/c1-8-4-3-5-10-11(14)7-13-6-9(2)12(8)10/h3-5,9,13H,6-7H2,1-2H3. The molecule has 0 fully saturated rings. The van der Waals surface area contributed by atoms with Crippen LogP contribution in [0.5, 0.6) is 0 Å². The second-order valence-corrected chi connectivity index (χ2v) is 3.99. The third-order valence-electron chi connectivity index (χ3n) is 2.85. The minimum absolute atomic E-state index is 0.216. The number of ketones is 1. The normalized spacial score (nSPS) is 21.6. The molecule has 0 saturated heterocycles. The quantitative estimate of drug-likeness (QED) is 0.675. The van der Waals surface area contributed by atoms with Crippen LogP contribution in [0.4, 0.5) is 0 Å².